The van der Waals surface area contributed by atoms with Gasteiger partial charge in [0, 0.05) is 16.6 Å². The maximum absolute atomic E-state index is 13.1. The van der Waals surface area contributed by atoms with Gasteiger partial charge in [0.15, 0.2) is 0 Å². The molecule has 0 atom stereocenters. The number of benzene rings is 1. The van der Waals surface area contributed by atoms with E-state index in [4.69, 9.17) is 5.73 Å². The molecule has 3 aromatic rings. The number of pyridine rings is 1. The average molecular weight is 313 g/mol. The van der Waals surface area contributed by atoms with Crippen LogP contribution < -0.4 is 5.73 Å². The molecule has 0 unspecified atom stereocenters. The van der Waals surface area contributed by atoms with Gasteiger partial charge in [0.1, 0.15) is 16.5 Å². The first-order chi connectivity index (χ1) is 10.5. The van der Waals surface area contributed by atoms with Crippen molar-refractivity contribution < 1.29 is 4.39 Å². The van der Waals surface area contributed by atoms with Gasteiger partial charge in [-0.25, -0.2) is 14.4 Å². The highest BCUT2D eigenvalue weighted by Crippen LogP contribution is 2.29. The van der Waals surface area contributed by atoms with E-state index in [1.807, 2.05) is 11.4 Å². The summed E-state index contributed by atoms with van der Waals surface area (Å²) in [5.41, 5.74) is 9.95. The second kappa shape index (κ2) is 5.85. The number of thiazole rings is 1. The molecule has 3 nitrogen and oxygen atoms in total. The maximum atomic E-state index is 13.1. The van der Waals surface area contributed by atoms with E-state index in [1.165, 1.54) is 12.1 Å². The first-order valence-electron chi connectivity index (χ1n) is 7.02. The van der Waals surface area contributed by atoms with Crippen LogP contribution in [-0.4, -0.2) is 9.97 Å². The molecule has 0 aliphatic carbocycles. The molecule has 0 aliphatic heterocycles. The smallest absolute Gasteiger partial charge is 0.142 e. The zero-order valence-corrected chi connectivity index (χ0v) is 13.2. The van der Waals surface area contributed by atoms with Crippen molar-refractivity contribution in [3.8, 4) is 22.0 Å². The van der Waals surface area contributed by atoms with Crippen molar-refractivity contribution in [3.63, 3.8) is 0 Å². The van der Waals surface area contributed by atoms with Crippen molar-refractivity contribution >= 4 is 17.0 Å². The van der Waals surface area contributed by atoms with Gasteiger partial charge in [-0.3, -0.25) is 0 Å². The number of nitrogens with two attached hydrogens (primary N) is 1. The Balaban J connectivity index is 2.04. The van der Waals surface area contributed by atoms with Crippen molar-refractivity contribution in [2.24, 2.45) is 0 Å². The summed E-state index contributed by atoms with van der Waals surface area (Å²) in [4.78, 5) is 9.23. The second-order valence-electron chi connectivity index (χ2n) is 5.41. The molecular formula is C17H16FN3S. The summed E-state index contributed by atoms with van der Waals surface area (Å²) in [6, 6.07) is 9.83. The summed E-state index contributed by atoms with van der Waals surface area (Å²) in [7, 11) is 0. The number of nitrogen functional groups attached to an aromatic ring is 1. The molecule has 0 saturated carbocycles. The van der Waals surface area contributed by atoms with E-state index in [0.717, 1.165) is 27.7 Å². The lowest BCUT2D eigenvalue weighted by Crippen LogP contribution is -1.94. The van der Waals surface area contributed by atoms with Crippen LogP contribution in [0, 0.1) is 5.82 Å². The van der Waals surface area contributed by atoms with Gasteiger partial charge < -0.3 is 5.73 Å². The van der Waals surface area contributed by atoms with Crippen LogP contribution in [-0.2, 0) is 0 Å². The number of anilines is 1. The highest BCUT2D eigenvalue weighted by Gasteiger charge is 2.11. The predicted molar refractivity (Wildman–Crippen MR) is 89.2 cm³/mol. The van der Waals surface area contributed by atoms with Gasteiger partial charge in [-0.15, -0.1) is 11.3 Å². The summed E-state index contributed by atoms with van der Waals surface area (Å²) < 4.78 is 13.1. The van der Waals surface area contributed by atoms with E-state index < -0.39 is 0 Å². The molecule has 5 heteroatoms. The second-order valence-corrected chi connectivity index (χ2v) is 6.27. The van der Waals surface area contributed by atoms with Crippen molar-refractivity contribution in [2.75, 3.05) is 5.73 Å². The molecule has 0 radical (unpaired) electrons. The molecular weight excluding hydrogens is 297 g/mol. The van der Waals surface area contributed by atoms with E-state index in [1.54, 1.807) is 29.5 Å². The zero-order valence-electron chi connectivity index (χ0n) is 12.4. The van der Waals surface area contributed by atoms with Gasteiger partial charge in [0.2, 0.25) is 0 Å². The fourth-order valence-electron chi connectivity index (χ4n) is 2.10. The summed E-state index contributed by atoms with van der Waals surface area (Å²) in [5.74, 6) is 0.108. The Morgan fingerprint density at radius 1 is 1.05 bits per heavy atom. The largest absolute Gasteiger partial charge is 0.399 e. The van der Waals surface area contributed by atoms with E-state index in [9.17, 15) is 4.39 Å². The molecule has 0 bridgehead atoms. The Bertz CT molecular complexity index is 794. The van der Waals surface area contributed by atoms with Gasteiger partial charge in [0.05, 0.1) is 11.4 Å². The summed E-state index contributed by atoms with van der Waals surface area (Å²) in [6.45, 7) is 4.21. The van der Waals surface area contributed by atoms with E-state index >= 15 is 0 Å². The number of rotatable bonds is 3. The zero-order chi connectivity index (χ0) is 15.7. The Morgan fingerprint density at radius 3 is 2.36 bits per heavy atom. The lowest BCUT2D eigenvalue weighted by atomic mass is 10.1. The molecule has 0 saturated heterocycles. The SMILES string of the molecule is CC(C)c1csc(-c2cc(N)cc(-c3ccc(F)cc3)n2)n1. The lowest BCUT2D eigenvalue weighted by Gasteiger charge is -2.05. The highest BCUT2D eigenvalue weighted by molar-refractivity contribution is 7.13. The first-order valence-corrected chi connectivity index (χ1v) is 7.90. The molecule has 2 N–H and O–H groups in total. The Morgan fingerprint density at radius 2 is 1.73 bits per heavy atom. The molecule has 2 aromatic heterocycles. The van der Waals surface area contributed by atoms with Crippen molar-refractivity contribution in [1.29, 1.82) is 0 Å². The third-order valence-electron chi connectivity index (χ3n) is 3.32. The van der Waals surface area contributed by atoms with E-state index in [2.05, 4.69) is 23.8 Å². The third kappa shape index (κ3) is 2.99. The highest BCUT2D eigenvalue weighted by atomic mass is 32.1. The molecule has 0 aliphatic rings. The fourth-order valence-corrected chi connectivity index (χ4v) is 3.04. The van der Waals surface area contributed by atoms with Crippen LogP contribution in [0.3, 0.4) is 0 Å². The maximum Gasteiger partial charge on any atom is 0.142 e. The van der Waals surface area contributed by atoms with Crippen molar-refractivity contribution in [1.82, 2.24) is 9.97 Å². The van der Waals surface area contributed by atoms with Gasteiger partial charge in [-0.2, -0.15) is 0 Å². The van der Waals surface area contributed by atoms with Crippen LogP contribution in [0.25, 0.3) is 22.0 Å². The summed E-state index contributed by atoms with van der Waals surface area (Å²) in [6.07, 6.45) is 0. The van der Waals surface area contributed by atoms with E-state index in [0.29, 0.717) is 11.6 Å². The number of hydrogen-bond acceptors (Lipinski definition) is 4. The van der Waals surface area contributed by atoms with E-state index in [-0.39, 0.29) is 5.82 Å². The quantitative estimate of drug-likeness (QED) is 0.761. The first kappa shape index (κ1) is 14.7. The normalized spacial score (nSPS) is 11.1. The van der Waals surface area contributed by atoms with Gasteiger partial charge >= 0.3 is 0 Å². The standard InChI is InChI=1S/C17H16FN3S/c1-10(2)16-9-22-17(21-16)15-8-13(19)7-14(20-15)11-3-5-12(18)6-4-11/h3-10H,1-2H3,(H2,19,20). The van der Waals surface area contributed by atoms with Crippen LogP contribution >= 0.6 is 11.3 Å². The molecule has 1 aromatic carbocycles. The van der Waals surface area contributed by atoms with Crippen LogP contribution in [0.1, 0.15) is 25.5 Å². The molecule has 2 heterocycles. The number of hydrogen-bond donors (Lipinski definition) is 1. The topological polar surface area (TPSA) is 51.8 Å². The molecule has 0 amide bonds. The van der Waals surface area contributed by atoms with Crippen molar-refractivity contribution in [2.45, 2.75) is 19.8 Å². The Kier molecular flexibility index (Phi) is 3.90. The Hall–Kier alpha value is -2.27. The molecule has 0 fully saturated rings. The van der Waals surface area contributed by atoms with Crippen molar-refractivity contribution in [3.05, 3.63) is 53.3 Å². The number of nitrogens with zero attached hydrogens (tertiary/aromatic N) is 2. The number of aromatic nitrogens is 2. The van der Waals surface area contributed by atoms with Gasteiger partial charge in [-0.05, 0) is 42.3 Å². The molecule has 112 valence electrons. The van der Waals surface area contributed by atoms with Crippen LogP contribution in [0.15, 0.2) is 41.8 Å². The molecule has 0 spiro atoms. The summed E-state index contributed by atoms with van der Waals surface area (Å²) in [5, 5.41) is 2.89. The van der Waals surface area contributed by atoms with Crippen LogP contribution in [0.2, 0.25) is 0 Å². The molecule has 22 heavy (non-hydrogen) atoms. The molecule has 3 rings (SSSR count). The monoisotopic (exact) mass is 313 g/mol. The third-order valence-corrected chi connectivity index (χ3v) is 4.20. The Labute approximate surface area is 132 Å². The summed E-state index contributed by atoms with van der Waals surface area (Å²) >= 11 is 1.56. The lowest BCUT2D eigenvalue weighted by molar-refractivity contribution is 0.628. The fraction of sp³-hybridized carbons (Fsp3) is 0.176. The van der Waals surface area contributed by atoms with Crippen LogP contribution in [0.4, 0.5) is 10.1 Å². The number of halogens is 1. The average Bonchev–Trinajstić information content (AvgIpc) is 2.97. The van der Waals surface area contributed by atoms with Gasteiger partial charge in [0.25, 0.3) is 0 Å². The van der Waals surface area contributed by atoms with Crippen LogP contribution in [0.5, 0.6) is 0 Å². The minimum atomic E-state index is -0.269. The van der Waals surface area contributed by atoms with Gasteiger partial charge in [-0.1, -0.05) is 13.8 Å². The predicted octanol–water partition coefficient (Wildman–Crippen LogP) is 4.72. The minimum absolute atomic E-state index is 0.269. The minimum Gasteiger partial charge on any atom is -0.399 e.